The molecule has 0 saturated carbocycles. The highest BCUT2D eigenvalue weighted by molar-refractivity contribution is 5.35. The third-order valence-electron chi connectivity index (χ3n) is 3.48. The van der Waals surface area contributed by atoms with Crippen molar-refractivity contribution in [3.63, 3.8) is 0 Å². The van der Waals surface area contributed by atoms with Gasteiger partial charge >= 0.3 is 6.61 Å². The summed E-state index contributed by atoms with van der Waals surface area (Å²) in [5, 5.41) is 2.13. The van der Waals surface area contributed by atoms with Gasteiger partial charge in [-0.05, 0) is 20.0 Å². The first-order valence-electron chi connectivity index (χ1n) is 6.79. The van der Waals surface area contributed by atoms with E-state index < -0.39 is 6.61 Å². The maximum Gasteiger partial charge on any atom is 0.387 e. The van der Waals surface area contributed by atoms with Crippen LogP contribution >= 0.6 is 0 Å². The molecule has 1 N–H and O–H groups in total. The summed E-state index contributed by atoms with van der Waals surface area (Å²) < 4.78 is 29.4. The van der Waals surface area contributed by atoms with Crippen molar-refractivity contribution in [3.05, 3.63) is 29.8 Å². The lowest BCUT2D eigenvalue weighted by Gasteiger charge is -2.34. The number of ether oxygens (including phenoxy) is 1. The third-order valence-corrected chi connectivity index (χ3v) is 3.48. The Hall–Kier alpha value is -1.24. The van der Waals surface area contributed by atoms with Crippen LogP contribution in [0.4, 0.5) is 8.78 Å². The molecule has 1 aliphatic heterocycles. The number of nitrogens with zero attached hydrogens (tertiary/aromatic N) is 2. The molecule has 1 unspecified atom stereocenters. The van der Waals surface area contributed by atoms with Crippen LogP contribution in [0.3, 0.4) is 0 Å². The predicted octanol–water partition coefficient (Wildman–Crippen LogP) is 2.10. The first-order chi connectivity index (χ1) is 9.56. The number of para-hydroxylation sites is 1. The Labute approximate surface area is 118 Å². The largest absolute Gasteiger partial charge is 0.434 e. The number of halogens is 2. The lowest BCUT2D eigenvalue weighted by atomic mass is 10.1. The highest BCUT2D eigenvalue weighted by atomic mass is 19.3. The zero-order chi connectivity index (χ0) is 14.5. The van der Waals surface area contributed by atoms with E-state index in [2.05, 4.69) is 27.1 Å². The molecule has 1 fully saturated rings. The van der Waals surface area contributed by atoms with Crippen molar-refractivity contribution in [1.82, 2.24) is 15.3 Å². The second kappa shape index (κ2) is 6.97. The molecule has 0 aromatic heterocycles. The second-order valence-corrected chi connectivity index (χ2v) is 5.06. The van der Waals surface area contributed by atoms with Crippen LogP contribution in [0.2, 0.25) is 0 Å². The monoisotopic (exact) mass is 285 g/mol. The number of hydrogen-bond donors (Lipinski definition) is 1. The fourth-order valence-corrected chi connectivity index (χ4v) is 2.32. The summed E-state index contributed by atoms with van der Waals surface area (Å²) >= 11 is 0. The molecule has 0 aliphatic carbocycles. The van der Waals surface area contributed by atoms with Gasteiger partial charge in [-0.2, -0.15) is 8.78 Å². The molecule has 0 bridgehead atoms. The van der Waals surface area contributed by atoms with E-state index in [4.69, 9.17) is 0 Å². The van der Waals surface area contributed by atoms with Gasteiger partial charge in [0.15, 0.2) is 0 Å². The molecule has 0 amide bonds. The van der Waals surface area contributed by atoms with Crippen LogP contribution in [0.15, 0.2) is 24.3 Å². The van der Waals surface area contributed by atoms with E-state index in [0.717, 1.165) is 31.7 Å². The fourth-order valence-electron chi connectivity index (χ4n) is 2.32. The number of hydrogen-bond acceptors (Lipinski definition) is 4. The number of piperazine rings is 1. The number of hydrazine groups is 1. The smallest absolute Gasteiger partial charge is 0.387 e. The van der Waals surface area contributed by atoms with Crippen molar-refractivity contribution in [1.29, 1.82) is 0 Å². The Morgan fingerprint density at radius 3 is 2.45 bits per heavy atom. The highest BCUT2D eigenvalue weighted by Crippen LogP contribution is 2.26. The van der Waals surface area contributed by atoms with Crippen molar-refractivity contribution in [2.24, 2.45) is 0 Å². The molecule has 112 valence electrons. The van der Waals surface area contributed by atoms with Crippen molar-refractivity contribution in [3.8, 4) is 5.75 Å². The van der Waals surface area contributed by atoms with Gasteiger partial charge in [0, 0.05) is 37.8 Å². The summed E-state index contributed by atoms with van der Waals surface area (Å²) in [7, 11) is 2.09. The Bertz CT molecular complexity index is 423. The first kappa shape index (κ1) is 15.2. The average molecular weight is 285 g/mol. The molecule has 1 saturated heterocycles. The predicted molar refractivity (Wildman–Crippen MR) is 73.7 cm³/mol. The molecule has 4 nitrogen and oxygen atoms in total. The maximum atomic E-state index is 12.4. The fraction of sp³-hybridized carbons (Fsp3) is 0.571. The normalized spacial score (nSPS) is 19.2. The molecular formula is C14H21F2N3O. The molecule has 1 heterocycles. The molecule has 1 aromatic carbocycles. The number of likely N-dealkylation sites (N-methyl/N-ethyl adjacent to an activating group) is 1. The van der Waals surface area contributed by atoms with Gasteiger partial charge in [-0.15, -0.1) is 0 Å². The van der Waals surface area contributed by atoms with E-state index in [0.29, 0.717) is 0 Å². The third kappa shape index (κ3) is 4.13. The number of alkyl halides is 2. The van der Waals surface area contributed by atoms with Crippen molar-refractivity contribution < 1.29 is 13.5 Å². The maximum absolute atomic E-state index is 12.4. The summed E-state index contributed by atoms with van der Waals surface area (Å²) in [6.07, 6.45) is 0. The zero-order valence-electron chi connectivity index (χ0n) is 11.9. The van der Waals surface area contributed by atoms with E-state index in [1.165, 1.54) is 0 Å². The standard InChI is InChI=1S/C14H21F2N3O/c1-11(17-19-9-7-18(2)8-10-19)12-5-3-4-6-13(12)20-14(15)16/h3-6,11,14,17H,7-10H2,1-2H3. The summed E-state index contributed by atoms with van der Waals surface area (Å²) in [4.78, 5) is 2.26. The molecule has 1 aromatic rings. The van der Waals surface area contributed by atoms with Gasteiger partial charge in [-0.25, -0.2) is 10.4 Å². The van der Waals surface area contributed by atoms with E-state index >= 15 is 0 Å². The van der Waals surface area contributed by atoms with Crippen LogP contribution in [0.25, 0.3) is 0 Å². The minimum atomic E-state index is -2.80. The van der Waals surface area contributed by atoms with Crippen molar-refractivity contribution in [2.45, 2.75) is 19.6 Å². The summed E-state index contributed by atoms with van der Waals surface area (Å²) in [5.41, 5.74) is 4.09. The van der Waals surface area contributed by atoms with E-state index in [9.17, 15) is 8.78 Å². The van der Waals surface area contributed by atoms with Crippen molar-refractivity contribution in [2.75, 3.05) is 33.2 Å². The first-order valence-corrected chi connectivity index (χ1v) is 6.79. The van der Waals surface area contributed by atoms with Gasteiger partial charge in [0.05, 0.1) is 0 Å². The lowest BCUT2D eigenvalue weighted by molar-refractivity contribution is -0.0509. The van der Waals surface area contributed by atoms with Gasteiger partial charge in [-0.1, -0.05) is 18.2 Å². The van der Waals surface area contributed by atoms with Gasteiger partial charge in [0.2, 0.25) is 0 Å². The molecule has 20 heavy (non-hydrogen) atoms. The highest BCUT2D eigenvalue weighted by Gasteiger charge is 2.19. The quantitative estimate of drug-likeness (QED) is 0.896. The SMILES string of the molecule is CC(NN1CCN(C)CC1)c1ccccc1OC(F)F. The number of rotatable bonds is 5. The zero-order valence-corrected chi connectivity index (χ0v) is 11.9. The van der Waals surface area contributed by atoms with Crippen LogP contribution < -0.4 is 10.2 Å². The van der Waals surface area contributed by atoms with Gasteiger partial charge in [0.25, 0.3) is 0 Å². The molecular weight excluding hydrogens is 264 g/mol. The molecule has 1 aliphatic rings. The van der Waals surface area contributed by atoms with Gasteiger partial charge in [0.1, 0.15) is 5.75 Å². The number of benzene rings is 1. The summed E-state index contributed by atoms with van der Waals surface area (Å²) in [5.74, 6) is 0.233. The Morgan fingerprint density at radius 2 is 1.80 bits per heavy atom. The van der Waals surface area contributed by atoms with Crippen LogP contribution in [0, 0.1) is 0 Å². The van der Waals surface area contributed by atoms with Gasteiger partial charge in [-0.3, -0.25) is 0 Å². The van der Waals surface area contributed by atoms with Crippen LogP contribution in [0.5, 0.6) is 5.75 Å². The molecule has 0 radical (unpaired) electrons. The average Bonchev–Trinajstić information content (AvgIpc) is 2.41. The molecule has 6 heteroatoms. The Balaban J connectivity index is 1.99. The Morgan fingerprint density at radius 1 is 1.15 bits per heavy atom. The molecule has 0 spiro atoms. The lowest BCUT2D eigenvalue weighted by Crippen LogP contribution is -2.51. The molecule has 1 atom stereocenters. The van der Waals surface area contributed by atoms with Crippen LogP contribution in [-0.4, -0.2) is 49.7 Å². The van der Waals surface area contributed by atoms with E-state index in [-0.39, 0.29) is 11.8 Å². The number of nitrogens with one attached hydrogen (secondary N) is 1. The topological polar surface area (TPSA) is 27.7 Å². The van der Waals surface area contributed by atoms with Crippen LogP contribution in [-0.2, 0) is 0 Å². The summed E-state index contributed by atoms with van der Waals surface area (Å²) in [6, 6.07) is 6.84. The second-order valence-electron chi connectivity index (χ2n) is 5.06. The van der Waals surface area contributed by atoms with Crippen molar-refractivity contribution >= 4 is 0 Å². The minimum Gasteiger partial charge on any atom is -0.434 e. The van der Waals surface area contributed by atoms with Crippen LogP contribution in [0.1, 0.15) is 18.5 Å². The minimum absolute atomic E-state index is 0.0756. The molecule has 2 rings (SSSR count). The van der Waals surface area contributed by atoms with E-state index in [1.807, 2.05) is 19.1 Å². The Kier molecular flexibility index (Phi) is 5.28. The summed E-state index contributed by atoms with van der Waals surface area (Å²) in [6.45, 7) is 2.97. The van der Waals surface area contributed by atoms with Gasteiger partial charge < -0.3 is 9.64 Å². The van der Waals surface area contributed by atoms with E-state index in [1.54, 1.807) is 12.1 Å².